The predicted octanol–water partition coefficient (Wildman–Crippen LogP) is 3.63. The molecular formula is C15H14Cl2FN3O2. The Labute approximate surface area is 142 Å². The van der Waals surface area contributed by atoms with E-state index in [-0.39, 0.29) is 38.2 Å². The van der Waals surface area contributed by atoms with Crippen molar-refractivity contribution in [2.45, 2.75) is 0 Å². The molecule has 0 spiro atoms. The average molecular weight is 358 g/mol. The number of benzene rings is 1. The predicted molar refractivity (Wildman–Crippen MR) is 89.7 cm³/mol. The topological polar surface area (TPSA) is 68.4 Å². The Morgan fingerprint density at radius 1 is 1.30 bits per heavy atom. The molecule has 1 aromatic heterocycles. The van der Waals surface area contributed by atoms with Crippen molar-refractivity contribution in [3.8, 4) is 11.1 Å². The van der Waals surface area contributed by atoms with Gasteiger partial charge in [-0.3, -0.25) is 0 Å². The lowest BCUT2D eigenvalue weighted by atomic mass is 10.00. The van der Waals surface area contributed by atoms with Gasteiger partial charge in [-0.15, -0.1) is 0 Å². The van der Waals surface area contributed by atoms with E-state index in [4.69, 9.17) is 28.9 Å². The molecule has 0 bridgehead atoms. The van der Waals surface area contributed by atoms with Gasteiger partial charge in [0.1, 0.15) is 0 Å². The number of hydrogen-bond donors (Lipinski definition) is 1. The van der Waals surface area contributed by atoms with Crippen LogP contribution in [0.5, 0.6) is 0 Å². The minimum Gasteiger partial charge on any atom is -0.464 e. The lowest BCUT2D eigenvalue weighted by Crippen LogP contribution is -2.13. The van der Waals surface area contributed by atoms with E-state index in [1.807, 2.05) is 0 Å². The van der Waals surface area contributed by atoms with Crippen molar-refractivity contribution < 1.29 is 13.9 Å². The van der Waals surface area contributed by atoms with Gasteiger partial charge in [0.15, 0.2) is 11.5 Å². The number of ether oxygens (including phenoxy) is 1. The number of methoxy groups -OCH3 is 1. The van der Waals surface area contributed by atoms with Gasteiger partial charge in [0.25, 0.3) is 0 Å². The fourth-order valence-electron chi connectivity index (χ4n) is 2.17. The summed E-state index contributed by atoms with van der Waals surface area (Å²) in [6.07, 6.45) is 1.22. The number of esters is 1. The lowest BCUT2D eigenvalue weighted by Gasteiger charge is -2.19. The molecule has 0 unspecified atom stereocenters. The smallest absolute Gasteiger partial charge is 0.357 e. The molecule has 0 saturated carbocycles. The molecule has 8 heteroatoms. The number of pyridine rings is 1. The van der Waals surface area contributed by atoms with Crippen LogP contribution in [0.3, 0.4) is 0 Å². The second-order valence-corrected chi connectivity index (χ2v) is 5.70. The first-order valence-corrected chi connectivity index (χ1v) is 7.23. The molecule has 0 radical (unpaired) electrons. The van der Waals surface area contributed by atoms with Crippen molar-refractivity contribution in [1.82, 2.24) is 4.98 Å². The number of nitrogen functional groups attached to an aromatic ring is 1. The van der Waals surface area contributed by atoms with Crippen LogP contribution in [0.1, 0.15) is 10.5 Å². The maximum atomic E-state index is 14.9. The van der Waals surface area contributed by atoms with E-state index < -0.39 is 11.8 Å². The number of carbonyl (C=O) groups is 1. The first-order chi connectivity index (χ1) is 10.8. The number of nitrogens with zero attached hydrogens (tertiary/aromatic N) is 2. The van der Waals surface area contributed by atoms with Crippen LogP contribution in [0.15, 0.2) is 18.3 Å². The third-order valence-corrected chi connectivity index (χ3v) is 3.84. The highest BCUT2D eigenvalue weighted by molar-refractivity contribution is 6.34. The maximum Gasteiger partial charge on any atom is 0.357 e. The molecule has 5 nitrogen and oxygen atoms in total. The zero-order valence-electron chi connectivity index (χ0n) is 12.7. The Morgan fingerprint density at radius 3 is 2.52 bits per heavy atom. The summed E-state index contributed by atoms with van der Waals surface area (Å²) < 4.78 is 19.6. The minimum atomic E-state index is -0.746. The highest BCUT2D eigenvalue weighted by Crippen LogP contribution is 2.40. The fraction of sp³-hybridized carbons (Fsp3) is 0.200. The molecule has 0 fully saturated rings. The van der Waals surface area contributed by atoms with Crippen molar-refractivity contribution in [3.05, 3.63) is 39.9 Å². The van der Waals surface area contributed by atoms with Gasteiger partial charge in [-0.05, 0) is 12.1 Å². The van der Waals surface area contributed by atoms with Gasteiger partial charge >= 0.3 is 5.97 Å². The van der Waals surface area contributed by atoms with Crippen molar-refractivity contribution in [1.29, 1.82) is 0 Å². The zero-order chi connectivity index (χ0) is 17.3. The second kappa shape index (κ2) is 6.60. The van der Waals surface area contributed by atoms with Crippen molar-refractivity contribution in [2.75, 3.05) is 31.8 Å². The number of rotatable bonds is 3. The van der Waals surface area contributed by atoms with Crippen LogP contribution in [-0.4, -0.2) is 32.2 Å². The Morgan fingerprint density at radius 2 is 1.96 bits per heavy atom. The Hall–Kier alpha value is -2.05. The average Bonchev–Trinajstić information content (AvgIpc) is 2.49. The molecule has 0 amide bonds. The number of aromatic nitrogens is 1. The molecule has 2 aromatic rings. The summed E-state index contributed by atoms with van der Waals surface area (Å²) in [6.45, 7) is 0. The third kappa shape index (κ3) is 3.04. The lowest BCUT2D eigenvalue weighted by molar-refractivity contribution is 0.0595. The molecule has 0 aliphatic heterocycles. The van der Waals surface area contributed by atoms with Crippen LogP contribution in [0.25, 0.3) is 11.1 Å². The molecular weight excluding hydrogens is 344 g/mol. The van der Waals surface area contributed by atoms with E-state index in [0.717, 1.165) is 0 Å². The third-order valence-electron chi connectivity index (χ3n) is 3.23. The van der Waals surface area contributed by atoms with E-state index in [1.165, 1.54) is 30.3 Å². The van der Waals surface area contributed by atoms with Crippen LogP contribution in [0.4, 0.5) is 15.8 Å². The molecule has 2 rings (SSSR count). The van der Waals surface area contributed by atoms with E-state index in [1.54, 1.807) is 14.1 Å². The van der Waals surface area contributed by atoms with Crippen molar-refractivity contribution in [2.24, 2.45) is 0 Å². The van der Waals surface area contributed by atoms with Gasteiger partial charge in [0, 0.05) is 31.4 Å². The summed E-state index contributed by atoms with van der Waals surface area (Å²) in [5, 5.41) is 0.331. The van der Waals surface area contributed by atoms with Crippen molar-refractivity contribution >= 4 is 40.5 Å². The SMILES string of the molecule is COC(=O)c1ncc(Cl)c(N)c1-c1ccc(Cl)c(N(C)C)c1F. The number of carbonyl (C=O) groups excluding carboxylic acids is 1. The largest absolute Gasteiger partial charge is 0.464 e. The molecule has 2 N–H and O–H groups in total. The fourth-order valence-corrected chi connectivity index (χ4v) is 2.63. The molecule has 122 valence electrons. The van der Waals surface area contributed by atoms with Crippen LogP contribution < -0.4 is 10.6 Å². The van der Waals surface area contributed by atoms with Gasteiger partial charge in [0.2, 0.25) is 0 Å². The summed E-state index contributed by atoms with van der Waals surface area (Å²) >= 11 is 12.0. The van der Waals surface area contributed by atoms with Gasteiger partial charge in [0.05, 0.1) is 28.5 Å². The summed E-state index contributed by atoms with van der Waals surface area (Å²) in [7, 11) is 4.49. The Kier molecular flexibility index (Phi) is 4.97. The maximum absolute atomic E-state index is 14.9. The van der Waals surface area contributed by atoms with Crippen LogP contribution >= 0.6 is 23.2 Å². The zero-order valence-corrected chi connectivity index (χ0v) is 14.2. The molecule has 1 heterocycles. The number of anilines is 2. The minimum absolute atomic E-state index is 0.0352. The van der Waals surface area contributed by atoms with Crippen molar-refractivity contribution in [3.63, 3.8) is 0 Å². The summed E-state index contributed by atoms with van der Waals surface area (Å²) in [5.41, 5.74) is 6.16. The number of halogens is 3. The van der Waals surface area contributed by atoms with E-state index in [9.17, 15) is 9.18 Å². The molecule has 0 aliphatic carbocycles. The van der Waals surface area contributed by atoms with Gasteiger partial charge in [-0.2, -0.15) is 0 Å². The quantitative estimate of drug-likeness (QED) is 0.849. The Bertz CT molecular complexity index is 782. The van der Waals surface area contributed by atoms with Crippen LogP contribution in [0.2, 0.25) is 10.0 Å². The highest BCUT2D eigenvalue weighted by Gasteiger charge is 2.24. The Balaban J connectivity index is 2.84. The van der Waals surface area contributed by atoms with Crippen LogP contribution in [-0.2, 0) is 4.74 Å². The normalized spacial score (nSPS) is 10.5. The van der Waals surface area contributed by atoms with E-state index in [0.29, 0.717) is 0 Å². The summed E-state index contributed by atoms with van der Waals surface area (Å²) in [6, 6.07) is 2.93. The number of nitrogens with two attached hydrogens (primary N) is 1. The number of hydrogen-bond acceptors (Lipinski definition) is 5. The van der Waals surface area contributed by atoms with Crippen LogP contribution in [0, 0.1) is 5.82 Å². The molecule has 0 saturated heterocycles. The first-order valence-electron chi connectivity index (χ1n) is 6.47. The molecule has 0 atom stereocenters. The van der Waals surface area contributed by atoms with E-state index >= 15 is 0 Å². The summed E-state index contributed by atoms with van der Waals surface area (Å²) in [4.78, 5) is 17.4. The molecule has 23 heavy (non-hydrogen) atoms. The first kappa shape index (κ1) is 17.3. The van der Waals surface area contributed by atoms with E-state index in [2.05, 4.69) is 9.72 Å². The van der Waals surface area contributed by atoms with Gasteiger partial charge in [-0.1, -0.05) is 23.2 Å². The summed E-state index contributed by atoms with van der Waals surface area (Å²) in [5.74, 6) is -1.38. The standard InChI is InChI=1S/C15H14Cl2FN3O2/c1-21(2)14-8(16)5-4-7(11(14)18)10-12(19)9(17)6-20-13(10)15(22)23-3/h4-6H,1-3H3,(H2,19,20). The molecule has 0 aliphatic rings. The van der Waals surface area contributed by atoms with Gasteiger partial charge in [-0.25, -0.2) is 14.2 Å². The van der Waals surface area contributed by atoms with Gasteiger partial charge < -0.3 is 15.4 Å². The molecule has 1 aromatic carbocycles. The highest BCUT2D eigenvalue weighted by atomic mass is 35.5. The second-order valence-electron chi connectivity index (χ2n) is 4.89. The monoisotopic (exact) mass is 357 g/mol.